The molecule has 5 heteroatoms. The minimum Gasteiger partial charge on any atom is -0.490 e. The third-order valence-electron chi connectivity index (χ3n) is 3.19. The number of para-hydroxylation sites is 1. The van der Waals surface area contributed by atoms with Crippen molar-refractivity contribution in [1.82, 2.24) is 9.78 Å². The first-order chi connectivity index (χ1) is 10.2. The van der Waals surface area contributed by atoms with E-state index in [0.29, 0.717) is 30.3 Å². The summed E-state index contributed by atoms with van der Waals surface area (Å²) < 4.78 is 13.1. The first kappa shape index (κ1) is 15.1. The van der Waals surface area contributed by atoms with Crippen molar-refractivity contribution >= 4 is 6.29 Å². The first-order valence-electron chi connectivity index (χ1n) is 7.05. The number of carbonyl (C=O) groups is 1. The van der Waals surface area contributed by atoms with Gasteiger partial charge in [-0.3, -0.25) is 9.48 Å². The third-order valence-corrected chi connectivity index (χ3v) is 3.19. The fourth-order valence-electron chi connectivity index (χ4n) is 2.07. The van der Waals surface area contributed by atoms with Crippen molar-refractivity contribution in [1.29, 1.82) is 0 Å². The molecule has 0 aliphatic heterocycles. The summed E-state index contributed by atoms with van der Waals surface area (Å²) in [6, 6.07) is 7.29. The Morgan fingerprint density at radius 3 is 2.71 bits per heavy atom. The molecule has 0 spiro atoms. The molecule has 0 aliphatic carbocycles. The van der Waals surface area contributed by atoms with Gasteiger partial charge in [0.05, 0.1) is 23.6 Å². The number of rotatable bonds is 7. The maximum Gasteiger partial charge on any atom is 0.172 e. The van der Waals surface area contributed by atoms with Gasteiger partial charge in [-0.1, -0.05) is 13.0 Å². The van der Waals surface area contributed by atoms with Crippen LogP contribution in [-0.4, -0.2) is 22.7 Å². The molecule has 5 nitrogen and oxygen atoms in total. The predicted octanol–water partition coefficient (Wildman–Crippen LogP) is 2.77. The van der Waals surface area contributed by atoms with Gasteiger partial charge in [-0.25, -0.2) is 0 Å². The Bertz CT molecular complexity index is 620. The molecule has 0 unspecified atom stereocenters. The molecule has 0 amide bonds. The molecule has 2 rings (SSSR count). The minimum atomic E-state index is 0.342. The zero-order valence-corrected chi connectivity index (χ0v) is 12.6. The van der Waals surface area contributed by atoms with Gasteiger partial charge in [0.1, 0.15) is 6.61 Å². The molecular formula is C16H20N2O3. The van der Waals surface area contributed by atoms with Crippen LogP contribution in [0.25, 0.3) is 0 Å². The zero-order valence-electron chi connectivity index (χ0n) is 12.6. The van der Waals surface area contributed by atoms with E-state index >= 15 is 0 Å². The van der Waals surface area contributed by atoms with Crippen molar-refractivity contribution in [2.75, 3.05) is 6.61 Å². The SMILES string of the molecule is CCOc1cccc(C=O)c1OCc1cc(CC)nn1C. The summed E-state index contributed by atoms with van der Waals surface area (Å²) in [5, 5.41) is 4.38. The lowest BCUT2D eigenvalue weighted by Gasteiger charge is -2.13. The van der Waals surface area contributed by atoms with Crippen LogP contribution in [0.2, 0.25) is 0 Å². The van der Waals surface area contributed by atoms with Crippen LogP contribution < -0.4 is 9.47 Å². The Hall–Kier alpha value is -2.30. The van der Waals surface area contributed by atoms with Crippen molar-refractivity contribution in [2.45, 2.75) is 26.9 Å². The van der Waals surface area contributed by atoms with Crippen LogP contribution in [0.3, 0.4) is 0 Å². The van der Waals surface area contributed by atoms with E-state index in [2.05, 4.69) is 12.0 Å². The Balaban J connectivity index is 2.21. The molecule has 0 fully saturated rings. The second kappa shape index (κ2) is 6.92. The molecule has 112 valence electrons. The topological polar surface area (TPSA) is 53.4 Å². The second-order valence-corrected chi connectivity index (χ2v) is 4.62. The Morgan fingerprint density at radius 1 is 1.29 bits per heavy atom. The number of aromatic nitrogens is 2. The highest BCUT2D eigenvalue weighted by molar-refractivity contribution is 5.81. The highest BCUT2D eigenvalue weighted by Gasteiger charge is 2.12. The Labute approximate surface area is 124 Å². The monoisotopic (exact) mass is 288 g/mol. The number of aryl methyl sites for hydroxylation is 2. The van der Waals surface area contributed by atoms with Crippen molar-refractivity contribution in [3.63, 3.8) is 0 Å². The van der Waals surface area contributed by atoms with Crippen LogP contribution in [0.15, 0.2) is 24.3 Å². The van der Waals surface area contributed by atoms with Crippen molar-refractivity contribution in [3.05, 3.63) is 41.2 Å². The standard InChI is InChI=1S/C16H20N2O3/c1-4-13-9-14(18(3)17-13)11-21-16-12(10-19)7-6-8-15(16)20-5-2/h6-10H,4-5,11H2,1-3H3. The maximum absolute atomic E-state index is 11.2. The van der Waals surface area contributed by atoms with E-state index in [4.69, 9.17) is 9.47 Å². The maximum atomic E-state index is 11.2. The van der Waals surface area contributed by atoms with Crippen LogP contribution >= 0.6 is 0 Å². The number of hydrogen-bond acceptors (Lipinski definition) is 4. The summed E-state index contributed by atoms with van der Waals surface area (Å²) >= 11 is 0. The molecule has 0 saturated heterocycles. The van der Waals surface area contributed by atoms with Gasteiger partial charge in [-0.05, 0) is 31.5 Å². The zero-order chi connectivity index (χ0) is 15.2. The summed E-state index contributed by atoms with van der Waals surface area (Å²) in [6.07, 6.45) is 1.65. The van der Waals surface area contributed by atoms with Gasteiger partial charge < -0.3 is 9.47 Å². The predicted molar refractivity (Wildman–Crippen MR) is 79.9 cm³/mol. The summed E-state index contributed by atoms with van der Waals surface area (Å²) in [7, 11) is 1.88. The fraction of sp³-hybridized carbons (Fsp3) is 0.375. The summed E-state index contributed by atoms with van der Waals surface area (Å²) in [4.78, 5) is 11.2. The Kier molecular flexibility index (Phi) is 4.98. The molecule has 0 N–H and O–H groups in total. The van der Waals surface area contributed by atoms with Crippen molar-refractivity contribution in [2.24, 2.45) is 7.05 Å². The molecule has 0 atom stereocenters. The highest BCUT2D eigenvalue weighted by Crippen LogP contribution is 2.31. The minimum absolute atomic E-state index is 0.342. The van der Waals surface area contributed by atoms with Crippen molar-refractivity contribution < 1.29 is 14.3 Å². The Morgan fingerprint density at radius 2 is 2.10 bits per heavy atom. The fourth-order valence-corrected chi connectivity index (χ4v) is 2.07. The number of nitrogens with zero attached hydrogens (tertiary/aromatic N) is 2. The number of benzene rings is 1. The van der Waals surface area contributed by atoms with E-state index < -0.39 is 0 Å². The van der Waals surface area contributed by atoms with Gasteiger partial charge in [0.25, 0.3) is 0 Å². The molecule has 1 aromatic heterocycles. The van der Waals surface area contributed by atoms with E-state index in [-0.39, 0.29) is 0 Å². The number of aldehydes is 1. The molecular weight excluding hydrogens is 268 g/mol. The molecule has 1 aromatic carbocycles. The van der Waals surface area contributed by atoms with Crippen LogP contribution in [0.4, 0.5) is 0 Å². The van der Waals surface area contributed by atoms with Gasteiger partial charge in [-0.15, -0.1) is 0 Å². The second-order valence-electron chi connectivity index (χ2n) is 4.62. The lowest BCUT2D eigenvalue weighted by atomic mass is 10.2. The van der Waals surface area contributed by atoms with Gasteiger partial charge in [0, 0.05) is 7.05 Å². The number of carbonyl (C=O) groups excluding carboxylic acids is 1. The quantitative estimate of drug-likeness (QED) is 0.735. The molecule has 21 heavy (non-hydrogen) atoms. The number of hydrogen-bond donors (Lipinski definition) is 0. The largest absolute Gasteiger partial charge is 0.490 e. The van der Waals surface area contributed by atoms with E-state index in [0.717, 1.165) is 24.1 Å². The average Bonchev–Trinajstić information content (AvgIpc) is 2.86. The van der Waals surface area contributed by atoms with E-state index in [1.807, 2.05) is 20.0 Å². The van der Waals surface area contributed by atoms with Crippen LogP contribution in [0, 0.1) is 0 Å². The third kappa shape index (κ3) is 3.42. The van der Waals surface area contributed by atoms with Crippen molar-refractivity contribution in [3.8, 4) is 11.5 Å². The van der Waals surface area contributed by atoms with Crippen LogP contribution in [0.1, 0.15) is 35.6 Å². The van der Waals surface area contributed by atoms with Gasteiger partial charge in [0.15, 0.2) is 17.8 Å². The molecule has 0 aliphatic rings. The van der Waals surface area contributed by atoms with Gasteiger partial charge in [0.2, 0.25) is 0 Å². The van der Waals surface area contributed by atoms with E-state index in [9.17, 15) is 4.79 Å². The summed E-state index contributed by atoms with van der Waals surface area (Å²) in [5.74, 6) is 1.06. The highest BCUT2D eigenvalue weighted by atomic mass is 16.5. The molecule has 0 saturated carbocycles. The first-order valence-corrected chi connectivity index (χ1v) is 7.05. The summed E-state index contributed by atoms with van der Waals surface area (Å²) in [6.45, 7) is 4.81. The van der Waals surface area contributed by atoms with Crippen LogP contribution in [0.5, 0.6) is 11.5 Å². The molecule has 0 radical (unpaired) electrons. The van der Waals surface area contributed by atoms with Gasteiger partial charge >= 0.3 is 0 Å². The smallest absolute Gasteiger partial charge is 0.172 e. The normalized spacial score (nSPS) is 10.4. The lowest BCUT2D eigenvalue weighted by Crippen LogP contribution is -2.06. The molecule has 0 bridgehead atoms. The number of ether oxygens (including phenoxy) is 2. The molecule has 2 aromatic rings. The van der Waals surface area contributed by atoms with Crippen LogP contribution in [-0.2, 0) is 20.1 Å². The lowest BCUT2D eigenvalue weighted by molar-refractivity contribution is 0.111. The summed E-state index contributed by atoms with van der Waals surface area (Å²) in [5.41, 5.74) is 2.46. The van der Waals surface area contributed by atoms with E-state index in [1.54, 1.807) is 22.9 Å². The molecule has 1 heterocycles. The van der Waals surface area contributed by atoms with Gasteiger partial charge in [-0.2, -0.15) is 5.10 Å². The van der Waals surface area contributed by atoms with E-state index in [1.165, 1.54) is 0 Å². The average molecular weight is 288 g/mol.